The van der Waals surface area contributed by atoms with Crippen molar-refractivity contribution in [2.45, 2.75) is 18.8 Å². The normalized spacial score (nSPS) is 13.9. The van der Waals surface area contributed by atoms with Crippen LogP contribution in [0.4, 0.5) is 13.2 Å². The zero-order chi connectivity index (χ0) is 17.0. The fraction of sp³-hybridized carbons (Fsp3) is 0.385. The van der Waals surface area contributed by atoms with Crippen LogP contribution in [0, 0.1) is 0 Å². The Morgan fingerprint density at radius 1 is 1.27 bits per heavy atom. The lowest BCUT2D eigenvalue weighted by Gasteiger charge is -2.28. The van der Waals surface area contributed by atoms with Gasteiger partial charge in [-0.05, 0) is 19.1 Å². The molecule has 1 aromatic rings. The van der Waals surface area contributed by atoms with Gasteiger partial charge in [-0.15, -0.1) is 0 Å². The number of ether oxygens (including phenoxy) is 2. The summed E-state index contributed by atoms with van der Waals surface area (Å²) < 4.78 is 47.6. The molecular formula is C13H14F3NO5. The Hall–Kier alpha value is -2.29. The van der Waals surface area contributed by atoms with Crippen molar-refractivity contribution in [3.63, 3.8) is 0 Å². The first-order chi connectivity index (χ1) is 10.2. The van der Waals surface area contributed by atoms with Gasteiger partial charge in [0.15, 0.2) is 0 Å². The number of methoxy groups -OCH3 is 1. The number of nitrogens with one attached hydrogen (secondary N) is 1. The van der Waals surface area contributed by atoms with Crippen LogP contribution in [0.15, 0.2) is 24.3 Å². The standard InChI is InChI=1S/C13H14F3NO5/c1-3-22-9-7-5-4-6-8(9)10(18)17-12(20,11(19)21-2)13(14,15)16/h4-7,20H,3H2,1-2H3,(H,17,18)/t12-/m0/s1. The van der Waals surface area contributed by atoms with Crippen LogP contribution in [-0.4, -0.2) is 42.6 Å². The zero-order valence-corrected chi connectivity index (χ0v) is 11.7. The van der Waals surface area contributed by atoms with Gasteiger partial charge in [0, 0.05) is 0 Å². The largest absolute Gasteiger partial charge is 0.493 e. The van der Waals surface area contributed by atoms with Crippen LogP contribution in [0.3, 0.4) is 0 Å². The summed E-state index contributed by atoms with van der Waals surface area (Å²) in [5.74, 6) is -3.38. The van der Waals surface area contributed by atoms with Crippen molar-refractivity contribution in [1.82, 2.24) is 5.32 Å². The quantitative estimate of drug-likeness (QED) is 0.629. The molecule has 1 rings (SSSR count). The Balaban J connectivity index is 3.15. The topological polar surface area (TPSA) is 84.9 Å². The second-order valence-corrected chi connectivity index (χ2v) is 4.08. The summed E-state index contributed by atoms with van der Waals surface area (Å²) in [6.45, 7) is 1.79. The maximum atomic E-state index is 12.9. The number of amides is 1. The number of carbonyl (C=O) groups is 2. The van der Waals surface area contributed by atoms with Gasteiger partial charge in [0.05, 0.1) is 19.3 Å². The van der Waals surface area contributed by atoms with E-state index in [2.05, 4.69) is 4.74 Å². The number of hydrogen-bond donors (Lipinski definition) is 2. The molecule has 0 fully saturated rings. The van der Waals surface area contributed by atoms with Crippen molar-refractivity contribution in [2.75, 3.05) is 13.7 Å². The van der Waals surface area contributed by atoms with Crippen LogP contribution in [0.1, 0.15) is 17.3 Å². The second-order valence-electron chi connectivity index (χ2n) is 4.08. The first-order valence-electron chi connectivity index (χ1n) is 6.09. The van der Waals surface area contributed by atoms with E-state index in [1.54, 1.807) is 6.92 Å². The Morgan fingerprint density at radius 3 is 2.36 bits per heavy atom. The van der Waals surface area contributed by atoms with E-state index in [9.17, 15) is 27.9 Å². The van der Waals surface area contributed by atoms with Gasteiger partial charge in [-0.2, -0.15) is 13.2 Å². The van der Waals surface area contributed by atoms with Crippen LogP contribution in [-0.2, 0) is 9.53 Å². The lowest BCUT2D eigenvalue weighted by molar-refractivity contribution is -0.268. The van der Waals surface area contributed by atoms with Crippen molar-refractivity contribution in [2.24, 2.45) is 0 Å². The number of esters is 1. The molecule has 0 aliphatic rings. The number of hydrogen-bond acceptors (Lipinski definition) is 5. The first kappa shape index (κ1) is 17.8. The summed E-state index contributed by atoms with van der Waals surface area (Å²) in [7, 11) is 0.652. The molecule has 0 saturated carbocycles. The molecule has 1 aromatic carbocycles. The van der Waals surface area contributed by atoms with Gasteiger partial charge in [0.2, 0.25) is 0 Å². The molecule has 122 valence electrons. The number of para-hydroxylation sites is 1. The Morgan fingerprint density at radius 2 is 1.86 bits per heavy atom. The van der Waals surface area contributed by atoms with E-state index in [-0.39, 0.29) is 17.9 Å². The number of alkyl halides is 3. The SMILES string of the molecule is CCOc1ccccc1C(=O)N[C@](O)(C(=O)OC)C(F)(F)F. The number of rotatable bonds is 5. The summed E-state index contributed by atoms with van der Waals surface area (Å²) in [5, 5.41) is 10.7. The predicted octanol–water partition coefficient (Wildman–Crippen LogP) is 1.24. The molecule has 0 spiro atoms. The Bertz CT molecular complexity index is 561. The Labute approximate surface area is 123 Å². The first-order valence-corrected chi connectivity index (χ1v) is 6.09. The molecule has 0 bridgehead atoms. The van der Waals surface area contributed by atoms with Crippen molar-refractivity contribution >= 4 is 11.9 Å². The van der Waals surface area contributed by atoms with Crippen molar-refractivity contribution < 1.29 is 37.3 Å². The van der Waals surface area contributed by atoms with Crippen LogP contribution in [0.2, 0.25) is 0 Å². The molecule has 9 heteroatoms. The summed E-state index contributed by atoms with van der Waals surface area (Å²) in [5.41, 5.74) is -4.42. The average Bonchev–Trinajstić information content (AvgIpc) is 2.45. The second kappa shape index (κ2) is 6.65. The lowest BCUT2D eigenvalue weighted by Crippen LogP contribution is -2.64. The number of benzene rings is 1. The molecule has 22 heavy (non-hydrogen) atoms. The summed E-state index contributed by atoms with van der Waals surface area (Å²) in [4.78, 5) is 23.2. The van der Waals surface area contributed by atoms with Gasteiger partial charge < -0.3 is 19.9 Å². The molecular weight excluding hydrogens is 307 g/mol. The lowest BCUT2D eigenvalue weighted by atomic mass is 10.1. The van der Waals surface area contributed by atoms with Crippen LogP contribution in [0.25, 0.3) is 0 Å². The van der Waals surface area contributed by atoms with Crippen molar-refractivity contribution in [3.05, 3.63) is 29.8 Å². The molecule has 0 heterocycles. The Kier molecular flexibility index (Phi) is 5.37. The monoisotopic (exact) mass is 321 g/mol. The van der Waals surface area contributed by atoms with E-state index < -0.39 is 23.8 Å². The van der Waals surface area contributed by atoms with Gasteiger partial charge in [-0.1, -0.05) is 12.1 Å². The molecule has 0 aliphatic heterocycles. The molecule has 0 aliphatic carbocycles. The van der Waals surface area contributed by atoms with Crippen LogP contribution >= 0.6 is 0 Å². The average molecular weight is 321 g/mol. The van der Waals surface area contributed by atoms with E-state index in [1.807, 2.05) is 0 Å². The van der Waals surface area contributed by atoms with Gasteiger partial charge in [0.1, 0.15) is 5.75 Å². The number of carbonyl (C=O) groups excluding carboxylic acids is 2. The third kappa shape index (κ3) is 3.48. The van der Waals surface area contributed by atoms with Gasteiger partial charge in [-0.3, -0.25) is 4.79 Å². The van der Waals surface area contributed by atoms with E-state index in [0.29, 0.717) is 7.11 Å². The predicted molar refractivity (Wildman–Crippen MR) is 68.1 cm³/mol. The third-order valence-electron chi connectivity index (χ3n) is 2.62. The molecule has 2 N–H and O–H groups in total. The van der Waals surface area contributed by atoms with Gasteiger partial charge in [-0.25, -0.2) is 4.79 Å². The molecule has 0 radical (unpaired) electrons. The van der Waals surface area contributed by atoms with Crippen molar-refractivity contribution in [1.29, 1.82) is 0 Å². The van der Waals surface area contributed by atoms with Gasteiger partial charge in [0.25, 0.3) is 5.91 Å². The summed E-state index contributed by atoms with van der Waals surface area (Å²) >= 11 is 0. The maximum absolute atomic E-state index is 12.9. The summed E-state index contributed by atoms with van der Waals surface area (Å²) in [6, 6.07) is 5.46. The molecule has 1 amide bonds. The number of aliphatic hydroxyl groups is 1. The highest BCUT2D eigenvalue weighted by atomic mass is 19.4. The molecule has 6 nitrogen and oxygen atoms in total. The zero-order valence-electron chi connectivity index (χ0n) is 11.7. The highest BCUT2D eigenvalue weighted by Gasteiger charge is 2.62. The maximum Gasteiger partial charge on any atom is 0.448 e. The minimum Gasteiger partial charge on any atom is -0.493 e. The molecule has 0 saturated heterocycles. The highest BCUT2D eigenvalue weighted by molar-refractivity contribution is 6.00. The molecule has 0 unspecified atom stereocenters. The minimum absolute atomic E-state index is 0.0110. The van der Waals surface area contributed by atoms with Gasteiger partial charge >= 0.3 is 17.9 Å². The molecule has 1 atom stereocenters. The fourth-order valence-corrected chi connectivity index (χ4v) is 1.55. The fourth-order valence-electron chi connectivity index (χ4n) is 1.55. The van der Waals surface area contributed by atoms with E-state index in [1.165, 1.54) is 29.6 Å². The van der Waals surface area contributed by atoms with Crippen LogP contribution in [0.5, 0.6) is 5.75 Å². The van der Waals surface area contributed by atoms with E-state index >= 15 is 0 Å². The minimum atomic E-state index is -5.46. The molecule has 0 aromatic heterocycles. The van der Waals surface area contributed by atoms with E-state index in [4.69, 9.17) is 4.74 Å². The van der Waals surface area contributed by atoms with Crippen LogP contribution < -0.4 is 10.1 Å². The summed E-state index contributed by atoms with van der Waals surface area (Å²) in [6.07, 6.45) is -5.46. The third-order valence-corrected chi connectivity index (χ3v) is 2.62. The number of halogens is 3. The smallest absolute Gasteiger partial charge is 0.448 e. The van der Waals surface area contributed by atoms with Crippen molar-refractivity contribution in [3.8, 4) is 5.75 Å². The van der Waals surface area contributed by atoms with E-state index in [0.717, 1.165) is 0 Å². The highest BCUT2D eigenvalue weighted by Crippen LogP contribution is 2.30.